The van der Waals surface area contributed by atoms with Gasteiger partial charge in [0.15, 0.2) is 5.16 Å². The van der Waals surface area contributed by atoms with Crippen LogP contribution in [-0.4, -0.2) is 15.9 Å². The highest BCUT2D eigenvalue weighted by Gasteiger charge is 2.34. The summed E-state index contributed by atoms with van der Waals surface area (Å²) in [4.78, 5) is 33.9. The Morgan fingerprint density at radius 2 is 1.62 bits per heavy atom. The SMILES string of the molecule is O=C(Oc1coc(CSc2ncccn2)cc1=O)C1c2ccccc2Oc2ccccc21. The summed E-state index contributed by atoms with van der Waals surface area (Å²) in [7, 11) is 0. The van der Waals surface area contributed by atoms with Crippen LogP contribution in [0.15, 0.2) is 93.7 Å². The lowest BCUT2D eigenvalue weighted by atomic mass is 9.88. The van der Waals surface area contributed by atoms with E-state index in [9.17, 15) is 9.59 Å². The largest absolute Gasteiger partial charge is 0.464 e. The number of rotatable bonds is 5. The lowest BCUT2D eigenvalue weighted by Gasteiger charge is -2.26. The van der Waals surface area contributed by atoms with Gasteiger partial charge in [-0.3, -0.25) is 9.59 Å². The minimum atomic E-state index is -0.721. The van der Waals surface area contributed by atoms with Crippen molar-refractivity contribution in [3.8, 4) is 17.2 Å². The Morgan fingerprint density at radius 3 is 2.28 bits per heavy atom. The van der Waals surface area contributed by atoms with Crippen molar-refractivity contribution in [1.82, 2.24) is 9.97 Å². The van der Waals surface area contributed by atoms with Crippen molar-refractivity contribution in [1.29, 1.82) is 0 Å². The maximum atomic E-state index is 13.2. The summed E-state index contributed by atoms with van der Waals surface area (Å²) in [5, 5.41) is 0.572. The Kier molecular flexibility index (Phi) is 5.43. The van der Waals surface area contributed by atoms with Gasteiger partial charge < -0.3 is 13.9 Å². The van der Waals surface area contributed by atoms with Gasteiger partial charge in [0, 0.05) is 29.6 Å². The van der Waals surface area contributed by atoms with Crippen LogP contribution in [-0.2, 0) is 10.5 Å². The Morgan fingerprint density at radius 1 is 0.969 bits per heavy atom. The van der Waals surface area contributed by atoms with Crippen LogP contribution in [0.3, 0.4) is 0 Å². The fourth-order valence-electron chi connectivity index (χ4n) is 3.42. The highest BCUT2D eigenvalue weighted by Crippen LogP contribution is 2.44. The highest BCUT2D eigenvalue weighted by molar-refractivity contribution is 7.98. The third kappa shape index (κ3) is 4.00. The van der Waals surface area contributed by atoms with Gasteiger partial charge in [0.2, 0.25) is 11.2 Å². The third-order valence-corrected chi connectivity index (χ3v) is 5.76. The molecule has 0 fully saturated rings. The van der Waals surface area contributed by atoms with Crippen molar-refractivity contribution in [3.63, 3.8) is 0 Å². The van der Waals surface area contributed by atoms with E-state index in [1.165, 1.54) is 24.1 Å². The van der Waals surface area contributed by atoms with Crippen LogP contribution in [0.25, 0.3) is 0 Å². The number of fused-ring (bicyclic) bond motifs is 2. The molecular weight excluding hydrogens is 428 g/mol. The minimum Gasteiger partial charge on any atom is -0.464 e. The van der Waals surface area contributed by atoms with E-state index < -0.39 is 17.3 Å². The lowest BCUT2D eigenvalue weighted by Crippen LogP contribution is -2.25. The Labute approximate surface area is 187 Å². The molecule has 0 amide bonds. The number of nitrogens with zero attached hydrogens (tertiary/aromatic N) is 2. The summed E-state index contributed by atoms with van der Waals surface area (Å²) in [6.07, 6.45) is 4.44. The summed E-state index contributed by atoms with van der Waals surface area (Å²) in [5.41, 5.74) is 0.913. The molecule has 8 heteroatoms. The zero-order valence-corrected chi connectivity index (χ0v) is 17.5. The van der Waals surface area contributed by atoms with Gasteiger partial charge >= 0.3 is 5.97 Å². The van der Waals surface area contributed by atoms with Gasteiger partial charge in [0.1, 0.15) is 29.4 Å². The predicted octanol–water partition coefficient (Wildman–Crippen LogP) is 4.57. The monoisotopic (exact) mass is 444 g/mol. The number of esters is 1. The Balaban J connectivity index is 1.37. The first-order valence-corrected chi connectivity index (χ1v) is 10.8. The van der Waals surface area contributed by atoms with E-state index in [0.29, 0.717) is 39.3 Å². The molecule has 0 saturated heterocycles. The minimum absolute atomic E-state index is 0.166. The molecule has 0 N–H and O–H groups in total. The molecule has 0 radical (unpaired) electrons. The number of carbonyl (C=O) groups excluding carboxylic acids is 1. The average molecular weight is 444 g/mol. The van der Waals surface area contributed by atoms with Crippen LogP contribution in [0.4, 0.5) is 0 Å². The van der Waals surface area contributed by atoms with Gasteiger partial charge in [0.25, 0.3) is 0 Å². The zero-order chi connectivity index (χ0) is 21.9. The van der Waals surface area contributed by atoms with E-state index in [1.54, 1.807) is 30.6 Å². The molecule has 32 heavy (non-hydrogen) atoms. The molecule has 7 nitrogen and oxygen atoms in total. The molecule has 0 unspecified atom stereocenters. The van der Waals surface area contributed by atoms with Gasteiger partial charge in [-0.15, -0.1) is 0 Å². The summed E-state index contributed by atoms with van der Waals surface area (Å²) in [5.74, 6) is 0.483. The summed E-state index contributed by atoms with van der Waals surface area (Å²) in [6.45, 7) is 0. The molecule has 0 atom stereocenters. The van der Waals surface area contributed by atoms with Crippen molar-refractivity contribution >= 4 is 17.7 Å². The van der Waals surface area contributed by atoms with Crippen LogP contribution in [0, 0.1) is 0 Å². The second-order valence-corrected chi connectivity index (χ2v) is 7.87. The highest BCUT2D eigenvalue weighted by atomic mass is 32.2. The van der Waals surface area contributed by atoms with Gasteiger partial charge in [-0.2, -0.15) is 0 Å². The number of ether oxygens (including phenoxy) is 2. The molecule has 4 aromatic rings. The second kappa shape index (κ2) is 8.68. The topological polar surface area (TPSA) is 91.5 Å². The van der Waals surface area contributed by atoms with E-state index in [4.69, 9.17) is 13.9 Å². The van der Waals surface area contributed by atoms with Crippen molar-refractivity contribution in [2.45, 2.75) is 16.8 Å². The molecule has 2 aromatic carbocycles. The van der Waals surface area contributed by atoms with E-state index in [-0.39, 0.29) is 5.75 Å². The number of hydrogen-bond acceptors (Lipinski definition) is 8. The summed E-state index contributed by atoms with van der Waals surface area (Å²) in [6, 6.07) is 17.6. The number of para-hydroxylation sites is 2. The van der Waals surface area contributed by atoms with Crippen LogP contribution in [0.1, 0.15) is 22.8 Å². The molecule has 3 heterocycles. The molecular formula is C24H16N2O5S. The van der Waals surface area contributed by atoms with E-state index in [0.717, 1.165) is 0 Å². The normalized spacial score (nSPS) is 12.4. The maximum absolute atomic E-state index is 13.2. The average Bonchev–Trinajstić information content (AvgIpc) is 2.83. The first-order chi connectivity index (χ1) is 15.7. The number of carbonyl (C=O) groups is 1. The van der Waals surface area contributed by atoms with Gasteiger partial charge in [-0.1, -0.05) is 48.2 Å². The summed E-state index contributed by atoms with van der Waals surface area (Å²) >= 11 is 1.33. The molecule has 158 valence electrons. The van der Waals surface area contributed by atoms with E-state index in [2.05, 4.69) is 9.97 Å². The molecule has 5 rings (SSSR count). The lowest BCUT2D eigenvalue weighted by molar-refractivity contribution is -0.135. The Bertz CT molecular complexity index is 1290. The summed E-state index contributed by atoms with van der Waals surface area (Å²) < 4.78 is 16.9. The molecule has 1 aliphatic rings. The van der Waals surface area contributed by atoms with Gasteiger partial charge in [-0.25, -0.2) is 9.97 Å². The van der Waals surface area contributed by atoms with Crippen molar-refractivity contribution in [2.24, 2.45) is 0 Å². The number of hydrogen-bond donors (Lipinski definition) is 0. The second-order valence-electron chi connectivity index (χ2n) is 6.93. The molecule has 2 aromatic heterocycles. The number of thioether (sulfide) groups is 1. The standard InChI is InChI=1S/C24H16N2O5S/c27-18-12-15(14-32-24-25-10-5-11-26-24)29-13-21(18)31-23(28)22-16-6-1-3-8-19(16)30-20-9-4-2-7-17(20)22/h1-13,22H,14H2. The van der Waals surface area contributed by atoms with Crippen molar-refractivity contribution in [3.05, 3.63) is 106 Å². The molecule has 0 spiro atoms. The van der Waals surface area contributed by atoms with Crippen LogP contribution >= 0.6 is 11.8 Å². The van der Waals surface area contributed by atoms with Crippen molar-refractivity contribution in [2.75, 3.05) is 0 Å². The maximum Gasteiger partial charge on any atom is 0.323 e. The third-order valence-electron chi connectivity index (χ3n) is 4.86. The van der Waals surface area contributed by atoms with Gasteiger partial charge in [-0.05, 0) is 18.2 Å². The molecule has 0 bridgehead atoms. The van der Waals surface area contributed by atoms with E-state index in [1.807, 2.05) is 36.4 Å². The number of benzene rings is 2. The van der Waals surface area contributed by atoms with E-state index >= 15 is 0 Å². The first-order valence-electron chi connectivity index (χ1n) is 9.78. The van der Waals surface area contributed by atoms with Crippen LogP contribution in [0.5, 0.6) is 17.2 Å². The van der Waals surface area contributed by atoms with Crippen LogP contribution < -0.4 is 14.9 Å². The van der Waals surface area contributed by atoms with Crippen LogP contribution in [0.2, 0.25) is 0 Å². The fraction of sp³-hybridized carbons (Fsp3) is 0.0833. The molecule has 0 saturated carbocycles. The quantitative estimate of drug-likeness (QED) is 0.251. The molecule has 0 aliphatic carbocycles. The first kappa shape index (κ1) is 20.0. The van der Waals surface area contributed by atoms with Crippen molar-refractivity contribution < 1.29 is 18.7 Å². The number of aromatic nitrogens is 2. The smallest absolute Gasteiger partial charge is 0.323 e. The predicted molar refractivity (Wildman–Crippen MR) is 117 cm³/mol. The Hall–Kier alpha value is -3.91. The molecule has 1 aliphatic heterocycles. The fourth-order valence-corrected chi connectivity index (χ4v) is 4.11. The van der Waals surface area contributed by atoms with Gasteiger partial charge in [0.05, 0.1) is 5.75 Å². The zero-order valence-electron chi connectivity index (χ0n) is 16.6.